The van der Waals surface area contributed by atoms with Gasteiger partial charge in [0.15, 0.2) is 0 Å². The van der Waals surface area contributed by atoms with Gasteiger partial charge in [0.25, 0.3) is 0 Å². The van der Waals surface area contributed by atoms with Crippen LogP contribution >= 0.6 is 11.3 Å². The number of esters is 1. The van der Waals surface area contributed by atoms with Crippen molar-refractivity contribution in [3.05, 3.63) is 51.7 Å². The first-order valence-corrected chi connectivity index (χ1v) is 10.0. The summed E-state index contributed by atoms with van der Waals surface area (Å²) >= 11 is 1.35. The van der Waals surface area contributed by atoms with Crippen LogP contribution in [0.1, 0.15) is 28.7 Å². The Hall–Kier alpha value is -2.14. The predicted molar refractivity (Wildman–Crippen MR) is 95.6 cm³/mol. The highest BCUT2D eigenvalue weighted by Crippen LogP contribution is 2.38. The van der Waals surface area contributed by atoms with E-state index in [0.29, 0.717) is 16.2 Å². The zero-order valence-electron chi connectivity index (χ0n) is 13.9. The summed E-state index contributed by atoms with van der Waals surface area (Å²) in [7, 11) is -2.44. The van der Waals surface area contributed by atoms with Crippen molar-refractivity contribution in [1.82, 2.24) is 4.31 Å². The van der Waals surface area contributed by atoms with Gasteiger partial charge < -0.3 is 4.74 Å². The number of carbonyl (C=O) groups is 1. The average molecular weight is 375 g/mol. The number of fused-ring (bicyclic) bond motifs is 1. The van der Waals surface area contributed by atoms with Crippen LogP contribution in [0.4, 0.5) is 0 Å². The first-order valence-electron chi connectivity index (χ1n) is 7.76. The number of sulfonamides is 1. The number of methoxy groups -OCH3 is 1. The maximum absolute atomic E-state index is 12.8. The third-order valence-electron chi connectivity index (χ3n) is 3.97. The number of thiophene rings is 1. The van der Waals surface area contributed by atoms with Gasteiger partial charge in [0.05, 0.1) is 23.4 Å². The molecule has 25 heavy (non-hydrogen) atoms. The summed E-state index contributed by atoms with van der Waals surface area (Å²) in [5.41, 5.74) is 0.872. The molecule has 2 aromatic rings. The van der Waals surface area contributed by atoms with Crippen LogP contribution in [0.5, 0.6) is 0 Å². The molecule has 7 heteroatoms. The lowest BCUT2D eigenvalue weighted by Crippen LogP contribution is -2.41. The molecule has 0 aliphatic carbocycles. The van der Waals surface area contributed by atoms with Crippen molar-refractivity contribution in [2.45, 2.75) is 30.8 Å². The Bertz CT molecular complexity index is 952. The highest BCUT2D eigenvalue weighted by atomic mass is 32.2. The minimum atomic E-state index is -3.70. The van der Waals surface area contributed by atoms with Crippen LogP contribution in [0.2, 0.25) is 0 Å². The summed E-state index contributed by atoms with van der Waals surface area (Å²) in [6, 6.07) is 10.3. The molecule has 1 aromatic carbocycles. The van der Waals surface area contributed by atoms with E-state index < -0.39 is 22.0 Å². The SMILES string of the molecule is CCC(C(=O)OC)N1Cc2sc(C#Cc3ccccc3)cc2S1(=O)=O. The summed E-state index contributed by atoms with van der Waals surface area (Å²) < 4.78 is 31.5. The van der Waals surface area contributed by atoms with Gasteiger partial charge in [-0.25, -0.2) is 8.42 Å². The molecule has 3 rings (SSSR count). The van der Waals surface area contributed by atoms with Crippen LogP contribution in [0.25, 0.3) is 0 Å². The number of rotatable bonds is 3. The Morgan fingerprint density at radius 2 is 2.04 bits per heavy atom. The lowest BCUT2D eigenvalue weighted by atomic mass is 10.2. The largest absolute Gasteiger partial charge is 0.468 e. The van der Waals surface area contributed by atoms with Crippen molar-refractivity contribution in [2.24, 2.45) is 0 Å². The minimum absolute atomic E-state index is 0.183. The van der Waals surface area contributed by atoms with Gasteiger partial charge in [-0.1, -0.05) is 37.0 Å². The van der Waals surface area contributed by atoms with E-state index in [0.717, 1.165) is 5.56 Å². The van der Waals surface area contributed by atoms with Crippen LogP contribution in [-0.2, 0) is 26.1 Å². The lowest BCUT2D eigenvalue weighted by molar-refractivity contribution is -0.145. The Balaban J connectivity index is 1.89. The standard InChI is InChI=1S/C18H17NO4S2/c1-3-15(18(20)23-2)19-12-16-17(25(19,21)22)11-14(24-16)10-9-13-7-5-4-6-8-13/h4-8,11,15H,3,12H2,1-2H3. The molecule has 0 N–H and O–H groups in total. The molecular formula is C18H17NO4S2. The van der Waals surface area contributed by atoms with Crippen LogP contribution in [0.15, 0.2) is 41.3 Å². The molecule has 0 radical (unpaired) electrons. The van der Waals surface area contributed by atoms with Gasteiger partial charge >= 0.3 is 5.97 Å². The predicted octanol–water partition coefficient (Wildman–Crippen LogP) is 2.60. The summed E-state index contributed by atoms with van der Waals surface area (Å²) in [4.78, 5) is 13.5. The maximum Gasteiger partial charge on any atom is 0.324 e. The van der Waals surface area contributed by atoms with Crippen LogP contribution < -0.4 is 0 Å². The van der Waals surface area contributed by atoms with Gasteiger partial charge in [0.2, 0.25) is 10.0 Å². The number of carbonyl (C=O) groups excluding carboxylic acids is 1. The molecule has 2 heterocycles. The third-order valence-corrected chi connectivity index (χ3v) is 7.05. The van der Waals surface area contributed by atoms with Crippen molar-refractivity contribution in [1.29, 1.82) is 0 Å². The first kappa shape index (κ1) is 17.7. The van der Waals surface area contributed by atoms with Gasteiger partial charge in [-0.05, 0) is 24.6 Å². The monoisotopic (exact) mass is 375 g/mol. The lowest BCUT2D eigenvalue weighted by Gasteiger charge is -2.22. The molecule has 130 valence electrons. The average Bonchev–Trinajstić information content (AvgIpc) is 3.13. The third kappa shape index (κ3) is 3.33. The summed E-state index contributed by atoms with van der Waals surface area (Å²) in [6.45, 7) is 1.95. The Kier molecular flexibility index (Phi) is 4.95. The molecule has 0 amide bonds. The smallest absolute Gasteiger partial charge is 0.324 e. The molecule has 1 aliphatic rings. The molecule has 0 saturated heterocycles. The Morgan fingerprint density at radius 1 is 1.32 bits per heavy atom. The highest BCUT2D eigenvalue weighted by molar-refractivity contribution is 7.89. The Morgan fingerprint density at radius 3 is 2.64 bits per heavy atom. The molecule has 1 unspecified atom stereocenters. The zero-order chi connectivity index (χ0) is 18.0. The molecule has 0 bridgehead atoms. The van der Waals surface area contributed by atoms with Crippen LogP contribution in [0, 0.1) is 11.8 Å². The maximum atomic E-state index is 12.8. The van der Waals surface area contributed by atoms with E-state index in [9.17, 15) is 13.2 Å². The van der Waals surface area contributed by atoms with E-state index in [1.54, 1.807) is 13.0 Å². The van der Waals surface area contributed by atoms with E-state index in [1.807, 2.05) is 30.3 Å². The number of benzene rings is 1. The molecule has 5 nitrogen and oxygen atoms in total. The number of hydrogen-bond acceptors (Lipinski definition) is 5. The van der Waals surface area contributed by atoms with Gasteiger partial charge in [-0.2, -0.15) is 4.31 Å². The van der Waals surface area contributed by atoms with E-state index >= 15 is 0 Å². The topological polar surface area (TPSA) is 63.7 Å². The second kappa shape index (κ2) is 7.00. The van der Waals surface area contributed by atoms with Gasteiger partial charge in [-0.3, -0.25) is 4.79 Å². The molecule has 1 atom stereocenters. The first-order chi connectivity index (χ1) is 12.0. The van der Waals surface area contributed by atoms with Crippen LogP contribution in [0.3, 0.4) is 0 Å². The fourth-order valence-electron chi connectivity index (χ4n) is 2.71. The normalized spacial score (nSPS) is 16.6. The molecule has 1 aromatic heterocycles. The van der Waals surface area contributed by atoms with Crippen molar-refractivity contribution < 1.29 is 17.9 Å². The van der Waals surface area contributed by atoms with E-state index in [1.165, 1.54) is 22.8 Å². The fourth-order valence-corrected chi connectivity index (χ4v) is 5.96. The molecule has 0 spiro atoms. The number of nitrogens with zero attached hydrogens (tertiary/aromatic N) is 1. The second-order valence-corrected chi connectivity index (χ2v) is 8.51. The van der Waals surface area contributed by atoms with Crippen molar-refractivity contribution in [3.63, 3.8) is 0 Å². The van der Waals surface area contributed by atoms with Crippen molar-refractivity contribution in [2.75, 3.05) is 7.11 Å². The summed E-state index contributed by atoms with van der Waals surface area (Å²) in [5, 5.41) is 0. The second-order valence-electron chi connectivity index (χ2n) is 5.51. The van der Waals surface area contributed by atoms with E-state index in [2.05, 4.69) is 11.8 Å². The van der Waals surface area contributed by atoms with Gasteiger partial charge in [0, 0.05) is 10.4 Å². The van der Waals surface area contributed by atoms with Gasteiger partial charge in [0.1, 0.15) is 6.04 Å². The summed E-state index contributed by atoms with van der Waals surface area (Å²) in [5.74, 6) is 5.50. The quantitative estimate of drug-likeness (QED) is 0.611. The highest BCUT2D eigenvalue weighted by Gasteiger charge is 2.43. The van der Waals surface area contributed by atoms with E-state index in [-0.39, 0.29) is 11.4 Å². The zero-order valence-corrected chi connectivity index (χ0v) is 15.5. The number of ether oxygens (including phenoxy) is 1. The molecule has 0 fully saturated rings. The Labute approximate surface area is 151 Å². The van der Waals surface area contributed by atoms with Crippen molar-refractivity contribution in [3.8, 4) is 11.8 Å². The van der Waals surface area contributed by atoms with Gasteiger partial charge in [-0.15, -0.1) is 11.3 Å². The molecule has 1 aliphatic heterocycles. The minimum Gasteiger partial charge on any atom is -0.468 e. The van der Waals surface area contributed by atoms with Crippen molar-refractivity contribution >= 4 is 27.3 Å². The molecular weight excluding hydrogens is 358 g/mol. The fraction of sp³-hybridized carbons (Fsp3) is 0.278. The number of hydrogen-bond donors (Lipinski definition) is 0. The molecule has 0 saturated carbocycles. The van der Waals surface area contributed by atoms with E-state index in [4.69, 9.17) is 4.74 Å². The summed E-state index contributed by atoms with van der Waals surface area (Å²) in [6.07, 6.45) is 0.363. The van der Waals surface area contributed by atoms with Crippen LogP contribution in [-0.4, -0.2) is 31.8 Å².